The number of halogens is 4. The van der Waals surface area contributed by atoms with Crippen LogP contribution in [-0.4, -0.2) is 6.54 Å². The summed E-state index contributed by atoms with van der Waals surface area (Å²) in [4.78, 5) is 0. The number of anilines is 1. The van der Waals surface area contributed by atoms with Crippen LogP contribution >= 0.6 is 15.9 Å². The molecular weight excluding hydrogens is 307 g/mol. The third-order valence-electron chi connectivity index (χ3n) is 2.35. The van der Waals surface area contributed by atoms with E-state index in [1.807, 2.05) is 0 Å². The first-order valence-electron chi connectivity index (χ1n) is 5.49. The lowest BCUT2D eigenvalue weighted by atomic mass is 10.1. The molecule has 1 N–H and O–H groups in total. The lowest BCUT2D eigenvalue weighted by Crippen LogP contribution is -2.11. The number of hydrogen-bond donors (Lipinski definition) is 1. The van der Waals surface area contributed by atoms with Crippen LogP contribution in [0.1, 0.15) is 24.8 Å². The van der Waals surface area contributed by atoms with Gasteiger partial charge in [0.05, 0.1) is 5.56 Å². The lowest BCUT2D eigenvalue weighted by Gasteiger charge is -2.14. The second-order valence-electron chi connectivity index (χ2n) is 3.78. The van der Waals surface area contributed by atoms with Gasteiger partial charge in [0, 0.05) is 23.1 Å². The Morgan fingerprint density at radius 3 is 2.61 bits per heavy atom. The molecule has 0 unspecified atom stereocenters. The van der Waals surface area contributed by atoms with Crippen molar-refractivity contribution in [2.75, 3.05) is 11.9 Å². The van der Waals surface area contributed by atoms with Crippen molar-refractivity contribution in [1.82, 2.24) is 0 Å². The fraction of sp³-hybridized carbons (Fsp3) is 0.385. The molecule has 0 saturated heterocycles. The molecule has 1 aromatic carbocycles. The van der Waals surface area contributed by atoms with Gasteiger partial charge in [-0.2, -0.15) is 13.2 Å². The monoisotopic (exact) mass is 319 g/mol. The highest BCUT2D eigenvalue weighted by molar-refractivity contribution is 9.10. The van der Waals surface area contributed by atoms with Gasteiger partial charge in [-0.25, -0.2) is 0 Å². The van der Waals surface area contributed by atoms with E-state index >= 15 is 0 Å². The lowest BCUT2D eigenvalue weighted by molar-refractivity contribution is -0.136. The number of hydrogen-bond acceptors (Lipinski definition) is 1. The second kappa shape index (κ2) is 6.69. The Kier molecular flexibility index (Phi) is 5.54. The van der Waals surface area contributed by atoms with Crippen molar-refractivity contribution in [2.24, 2.45) is 0 Å². The third kappa shape index (κ3) is 4.61. The Hall–Kier alpha value is -1.15. The molecule has 0 aliphatic rings. The molecule has 0 aliphatic heterocycles. The molecule has 1 rings (SSSR count). The number of unbranched alkanes of at least 4 members (excludes halogenated alkanes) is 2. The molecule has 1 nitrogen and oxygen atoms in total. The Bertz CT molecular complexity index is 435. The van der Waals surface area contributed by atoms with Crippen LogP contribution in [0, 0.1) is 12.3 Å². The van der Waals surface area contributed by atoms with Gasteiger partial charge in [-0.15, -0.1) is 12.3 Å². The van der Waals surface area contributed by atoms with Gasteiger partial charge >= 0.3 is 6.18 Å². The van der Waals surface area contributed by atoms with Crippen molar-refractivity contribution in [3.05, 3.63) is 28.2 Å². The molecule has 0 spiro atoms. The molecule has 0 saturated carbocycles. The van der Waals surface area contributed by atoms with E-state index in [-0.39, 0.29) is 5.69 Å². The van der Waals surface area contributed by atoms with E-state index in [2.05, 4.69) is 27.2 Å². The highest BCUT2D eigenvalue weighted by Gasteiger charge is 2.33. The Labute approximate surface area is 113 Å². The van der Waals surface area contributed by atoms with Gasteiger partial charge in [-0.3, -0.25) is 0 Å². The largest absolute Gasteiger partial charge is 0.418 e. The fourth-order valence-electron chi connectivity index (χ4n) is 1.49. The summed E-state index contributed by atoms with van der Waals surface area (Å²) in [6, 6.07) is 3.88. The van der Waals surface area contributed by atoms with Crippen LogP contribution in [0.2, 0.25) is 0 Å². The van der Waals surface area contributed by atoms with E-state index in [0.717, 1.165) is 18.9 Å². The van der Waals surface area contributed by atoms with E-state index in [1.165, 1.54) is 12.1 Å². The summed E-state index contributed by atoms with van der Waals surface area (Å²) in [7, 11) is 0. The van der Waals surface area contributed by atoms with E-state index in [0.29, 0.717) is 17.4 Å². The number of nitrogens with one attached hydrogen (secondary N) is 1. The number of rotatable bonds is 5. The van der Waals surface area contributed by atoms with Crippen LogP contribution in [0.4, 0.5) is 18.9 Å². The van der Waals surface area contributed by atoms with E-state index in [4.69, 9.17) is 6.42 Å². The van der Waals surface area contributed by atoms with Gasteiger partial charge in [0.2, 0.25) is 0 Å². The van der Waals surface area contributed by atoms with Crippen molar-refractivity contribution in [3.8, 4) is 12.3 Å². The number of alkyl halides is 3. The van der Waals surface area contributed by atoms with Crippen molar-refractivity contribution >= 4 is 21.6 Å². The minimum Gasteiger partial charge on any atom is -0.385 e. The molecule has 0 bridgehead atoms. The summed E-state index contributed by atoms with van der Waals surface area (Å²) in [6.07, 6.45) is 2.95. The predicted molar refractivity (Wildman–Crippen MR) is 70.3 cm³/mol. The molecule has 0 heterocycles. The van der Waals surface area contributed by atoms with Crippen LogP contribution in [0.25, 0.3) is 0 Å². The Balaban J connectivity index is 2.69. The van der Waals surface area contributed by atoms with Crippen molar-refractivity contribution in [1.29, 1.82) is 0 Å². The quantitative estimate of drug-likeness (QED) is 0.613. The Morgan fingerprint density at radius 1 is 1.28 bits per heavy atom. The first-order valence-corrected chi connectivity index (χ1v) is 6.28. The van der Waals surface area contributed by atoms with Gasteiger partial charge in [0.1, 0.15) is 0 Å². The van der Waals surface area contributed by atoms with Gasteiger partial charge in [-0.1, -0.05) is 15.9 Å². The smallest absolute Gasteiger partial charge is 0.385 e. The summed E-state index contributed by atoms with van der Waals surface area (Å²) < 4.78 is 38.8. The van der Waals surface area contributed by atoms with E-state index in [9.17, 15) is 13.2 Å². The molecule has 0 atom stereocenters. The van der Waals surface area contributed by atoms with E-state index < -0.39 is 11.7 Å². The molecule has 5 heteroatoms. The average molecular weight is 320 g/mol. The minimum absolute atomic E-state index is 0.0950. The molecule has 0 radical (unpaired) electrons. The van der Waals surface area contributed by atoms with Gasteiger partial charge in [-0.05, 0) is 31.0 Å². The molecule has 0 amide bonds. The topological polar surface area (TPSA) is 12.0 Å². The molecule has 0 fully saturated rings. The maximum absolute atomic E-state index is 12.7. The minimum atomic E-state index is -4.35. The van der Waals surface area contributed by atoms with Crippen LogP contribution < -0.4 is 5.32 Å². The molecule has 18 heavy (non-hydrogen) atoms. The standard InChI is InChI=1S/C13H13BrF3N/c1-2-3-4-5-8-18-12-9-10(14)6-7-11(12)13(15,16)17/h1,6-7,9,18H,3-5,8H2. The van der Waals surface area contributed by atoms with Gasteiger partial charge < -0.3 is 5.32 Å². The molecule has 98 valence electrons. The maximum atomic E-state index is 12.7. The average Bonchev–Trinajstić information content (AvgIpc) is 2.27. The zero-order chi connectivity index (χ0) is 13.6. The highest BCUT2D eigenvalue weighted by Crippen LogP contribution is 2.36. The fourth-order valence-corrected chi connectivity index (χ4v) is 1.85. The molecule has 0 aliphatic carbocycles. The molecule has 0 aromatic heterocycles. The highest BCUT2D eigenvalue weighted by atomic mass is 79.9. The normalized spacial score (nSPS) is 11.1. The Morgan fingerprint density at radius 2 is 2.00 bits per heavy atom. The number of terminal acetylenes is 1. The summed E-state index contributed by atoms with van der Waals surface area (Å²) >= 11 is 3.16. The van der Waals surface area contributed by atoms with Crippen LogP contribution in [0.15, 0.2) is 22.7 Å². The van der Waals surface area contributed by atoms with Gasteiger partial charge in [0.25, 0.3) is 0 Å². The zero-order valence-corrected chi connectivity index (χ0v) is 11.2. The summed E-state index contributed by atoms with van der Waals surface area (Å²) in [5, 5.41) is 2.80. The van der Waals surface area contributed by atoms with Gasteiger partial charge in [0.15, 0.2) is 0 Å². The molecule has 1 aromatic rings. The summed E-state index contributed by atoms with van der Waals surface area (Å²) in [5.41, 5.74) is -0.555. The zero-order valence-electron chi connectivity index (χ0n) is 9.65. The SMILES string of the molecule is C#CCCCCNc1cc(Br)ccc1C(F)(F)F. The first kappa shape index (κ1) is 14.9. The molecular formula is C13H13BrF3N. The summed E-state index contributed by atoms with van der Waals surface area (Å²) in [6.45, 7) is 0.473. The van der Waals surface area contributed by atoms with E-state index in [1.54, 1.807) is 0 Å². The van der Waals surface area contributed by atoms with Crippen molar-refractivity contribution in [3.63, 3.8) is 0 Å². The number of benzene rings is 1. The first-order chi connectivity index (χ1) is 8.45. The maximum Gasteiger partial charge on any atom is 0.418 e. The third-order valence-corrected chi connectivity index (χ3v) is 2.84. The van der Waals surface area contributed by atoms with Crippen LogP contribution in [0.3, 0.4) is 0 Å². The summed E-state index contributed by atoms with van der Waals surface area (Å²) in [5.74, 6) is 2.50. The second-order valence-corrected chi connectivity index (χ2v) is 4.69. The predicted octanol–water partition coefficient (Wildman–Crippen LogP) is 4.68. The van der Waals surface area contributed by atoms with Crippen LogP contribution in [0.5, 0.6) is 0 Å². The van der Waals surface area contributed by atoms with Crippen molar-refractivity contribution < 1.29 is 13.2 Å². The van der Waals surface area contributed by atoms with Crippen molar-refractivity contribution in [2.45, 2.75) is 25.4 Å². The van der Waals surface area contributed by atoms with Crippen LogP contribution in [-0.2, 0) is 6.18 Å².